The van der Waals surface area contributed by atoms with Crippen LogP contribution in [0.1, 0.15) is 107 Å². The van der Waals surface area contributed by atoms with Crippen molar-refractivity contribution in [1.82, 2.24) is 0 Å². The summed E-state index contributed by atoms with van der Waals surface area (Å²) >= 11 is 0. The van der Waals surface area contributed by atoms with Gasteiger partial charge in [-0.3, -0.25) is 13.7 Å². The third-order valence-electron chi connectivity index (χ3n) is 13.4. The Kier molecular flexibility index (Phi) is 10.7. The lowest BCUT2D eigenvalue weighted by atomic mass is 9.43. The highest BCUT2D eigenvalue weighted by molar-refractivity contribution is 7.81. The van der Waals surface area contributed by atoms with Crippen molar-refractivity contribution in [3.8, 4) is 0 Å². The van der Waals surface area contributed by atoms with E-state index in [2.05, 4.69) is 54.5 Å². The largest absolute Gasteiger partial charge is 0.397 e. The van der Waals surface area contributed by atoms with Crippen molar-refractivity contribution in [1.29, 1.82) is 0 Å². The summed E-state index contributed by atoms with van der Waals surface area (Å²) in [6, 6.07) is 0. The van der Waals surface area contributed by atoms with Gasteiger partial charge in [-0.25, -0.2) is 12.5 Å². The summed E-state index contributed by atoms with van der Waals surface area (Å²) in [6.07, 6.45) is 2.85. The number of hydrogen-bond acceptors (Lipinski definition) is 9. The molecule has 0 aromatic carbocycles. The van der Waals surface area contributed by atoms with Gasteiger partial charge in [0.1, 0.15) is 12.2 Å². The smallest absolute Gasteiger partial charge is 0.264 e. The molecule has 4 saturated carbocycles. The summed E-state index contributed by atoms with van der Waals surface area (Å²) in [6.45, 7) is 17.8. The molecular formula is C31H54O12S3. The van der Waals surface area contributed by atoms with Crippen molar-refractivity contribution in [3.63, 3.8) is 0 Å². The van der Waals surface area contributed by atoms with E-state index >= 15 is 0 Å². The first-order chi connectivity index (χ1) is 20.8. The molecule has 0 saturated heterocycles. The molecule has 11 atom stereocenters. The lowest BCUT2D eigenvalue weighted by molar-refractivity contribution is -0.183. The van der Waals surface area contributed by atoms with Crippen molar-refractivity contribution in [2.75, 3.05) is 0 Å². The normalized spacial score (nSPS) is 39.9. The first-order valence-corrected chi connectivity index (χ1v) is 20.5. The fourth-order valence-corrected chi connectivity index (χ4v) is 11.8. The molecule has 15 heteroatoms. The lowest BCUT2D eigenvalue weighted by Crippen LogP contribution is -2.62. The minimum Gasteiger partial charge on any atom is -0.264 e. The van der Waals surface area contributed by atoms with Crippen LogP contribution in [0.2, 0.25) is 0 Å². The van der Waals surface area contributed by atoms with Crippen LogP contribution in [-0.4, -0.2) is 57.2 Å². The molecule has 46 heavy (non-hydrogen) atoms. The molecule has 4 aliphatic carbocycles. The van der Waals surface area contributed by atoms with Gasteiger partial charge in [0.25, 0.3) is 0 Å². The number of rotatable bonds is 11. The molecule has 4 rings (SSSR count). The van der Waals surface area contributed by atoms with Crippen molar-refractivity contribution in [2.24, 2.45) is 57.7 Å². The van der Waals surface area contributed by atoms with Gasteiger partial charge in [-0.1, -0.05) is 60.1 Å². The molecule has 8 unspecified atom stereocenters. The van der Waals surface area contributed by atoms with Crippen LogP contribution >= 0.6 is 0 Å². The summed E-state index contributed by atoms with van der Waals surface area (Å²) in [4.78, 5) is 0. The maximum Gasteiger partial charge on any atom is 0.397 e. The van der Waals surface area contributed by atoms with Crippen molar-refractivity contribution < 1.29 is 51.5 Å². The van der Waals surface area contributed by atoms with Crippen LogP contribution in [0.25, 0.3) is 0 Å². The second-order valence-corrected chi connectivity index (χ2v) is 19.2. The van der Waals surface area contributed by atoms with E-state index in [4.69, 9.17) is 12.5 Å². The Bertz CT molecular complexity index is 1490. The van der Waals surface area contributed by atoms with Gasteiger partial charge in [-0.05, 0) is 116 Å². The number of fused-ring (bicyclic) bond motifs is 5. The van der Waals surface area contributed by atoms with Crippen LogP contribution < -0.4 is 0 Å². The summed E-state index contributed by atoms with van der Waals surface area (Å²) in [5.41, 5.74) is 0.611. The van der Waals surface area contributed by atoms with E-state index in [0.29, 0.717) is 24.2 Å². The average Bonchev–Trinajstić information content (AvgIpc) is 3.22. The van der Waals surface area contributed by atoms with E-state index in [9.17, 15) is 38.9 Å². The Balaban J connectivity index is 1.67. The zero-order valence-corrected chi connectivity index (χ0v) is 30.7. The summed E-state index contributed by atoms with van der Waals surface area (Å²) < 4.78 is 115. The predicted octanol–water partition coefficient (Wildman–Crippen LogP) is 6.08. The van der Waals surface area contributed by atoms with Crippen LogP contribution in [0.5, 0.6) is 0 Å². The Hall–Kier alpha value is -0.650. The summed E-state index contributed by atoms with van der Waals surface area (Å²) in [5.74, 6) is 0.836. The maximum atomic E-state index is 12.1. The van der Waals surface area contributed by atoms with E-state index in [1.165, 1.54) is 5.57 Å². The third-order valence-corrected chi connectivity index (χ3v) is 14.8. The highest BCUT2D eigenvalue weighted by Crippen LogP contribution is 2.69. The minimum atomic E-state index is -5.07. The van der Waals surface area contributed by atoms with Crippen molar-refractivity contribution in [3.05, 3.63) is 11.6 Å². The molecule has 3 N–H and O–H groups in total. The molecule has 0 radical (unpaired) electrons. The molecule has 12 nitrogen and oxygen atoms in total. The number of allylic oxidation sites excluding steroid dienone is 2. The second kappa shape index (κ2) is 12.9. The standard InChI is InChI=1S/C31H54O12S3/c1-18(2)29(5,6)20(4)10-9-19(3)22-11-12-23-21-15-26(41-44(32,33)34)25-16-27(42-45(35,36)37)28(43-46(38,39)40)17-31(25,8)24(21)13-14-30(22,23)7/h10,18-19,21-28H,9,11-17H2,1-8H3,(H,32,33,34)(H,35,36,37)(H,38,39,40)/b20-10+/t19-,21?,22?,23?,24?,25?,26+,27+,28?,30?,31?/m1/s1. The van der Waals surface area contributed by atoms with Crippen LogP contribution in [0.4, 0.5) is 0 Å². The van der Waals surface area contributed by atoms with Gasteiger partial charge in [0.2, 0.25) is 0 Å². The molecule has 0 bridgehead atoms. The molecule has 0 aliphatic heterocycles. The van der Waals surface area contributed by atoms with E-state index < -0.39 is 60.8 Å². The van der Waals surface area contributed by atoms with Crippen molar-refractivity contribution >= 4 is 31.2 Å². The quantitative estimate of drug-likeness (QED) is 0.165. The molecule has 0 heterocycles. The molecule has 0 aromatic heterocycles. The Morgan fingerprint density at radius 2 is 1.30 bits per heavy atom. The highest BCUT2D eigenvalue weighted by Gasteiger charge is 2.65. The molecule has 0 spiro atoms. The molecule has 268 valence electrons. The van der Waals surface area contributed by atoms with Crippen LogP contribution in [0, 0.1) is 57.7 Å². The highest BCUT2D eigenvalue weighted by atomic mass is 32.3. The lowest BCUT2D eigenvalue weighted by Gasteiger charge is -2.63. The second-order valence-electron chi connectivity index (χ2n) is 16.1. The Morgan fingerprint density at radius 1 is 0.783 bits per heavy atom. The molecule has 0 aromatic rings. The molecule has 0 amide bonds. The maximum absolute atomic E-state index is 12.1. The summed E-state index contributed by atoms with van der Waals surface area (Å²) in [5, 5.41) is 0. The van der Waals surface area contributed by atoms with E-state index in [-0.39, 0.29) is 41.4 Å². The Labute approximate surface area is 276 Å². The molecule has 4 fully saturated rings. The first kappa shape index (κ1) is 38.2. The SMILES string of the molecule is C/C(=C\C[C@@H](C)C1CCC2C3C[C@H](OS(=O)(=O)O)C4C[C@H](OS(=O)(=O)O)C(OS(=O)(=O)O)CC4(C)C3CCC21C)C(C)(C)C(C)C. The fourth-order valence-electron chi connectivity index (χ4n) is 10.3. The van der Waals surface area contributed by atoms with Gasteiger partial charge in [-0.15, -0.1) is 0 Å². The van der Waals surface area contributed by atoms with Gasteiger partial charge in [0, 0.05) is 0 Å². The average molecular weight is 715 g/mol. The van der Waals surface area contributed by atoms with Crippen LogP contribution in [0.3, 0.4) is 0 Å². The minimum absolute atomic E-state index is 0.0217. The predicted molar refractivity (Wildman–Crippen MR) is 171 cm³/mol. The van der Waals surface area contributed by atoms with Gasteiger partial charge < -0.3 is 0 Å². The van der Waals surface area contributed by atoms with E-state index in [1.807, 2.05) is 6.92 Å². The zero-order valence-electron chi connectivity index (χ0n) is 28.2. The van der Waals surface area contributed by atoms with Gasteiger partial charge >= 0.3 is 31.2 Å². The monoisotopic (exact) mass is 714 g/mol. The van der Waals surface area contributed by atoms with E-state index in [0.717, 1.165) is 32.1 Å². The first-order valence-electron chi connectivity index (χ1n) is 16.4. The number of hydrogen-bond donors (Lipinski definition) is 3. The van der Waals surface area contributed by atoms with Crippen molar-refractivity contribution in [2.45, 2.75) is 125 Å². The topological polar surface area (TPSA) is 191 Å². The Morgan fingerprint density at radius 3 is 1.85 bits per heavy atom. The fraction of sp³-hybridized carbons (Fsp3) is 0.935. The van der Waals surface area contributed by atoms with Crippen LogP contribution in [-0.2, 0) is 43.7 Å². The van der Waals surface area contributed by atoms with Gasteiger partial charge in [0.05, 0.1) is 6.10 Å². The third kappa shape index (κ3) is 7.88. The molecule has 4 aliphatic rings. The van der Waals surface area contributed by atoms with Crippen LogP contribution in [0.15, 0.2) is 11.6 Å². The summed E-state index contributed by atoms with van der Waals surface area (Å²) in [7, 11) is -15.0. The molecular weight excluding hydrogens is 661 g/mol. The van der Waals surface area contributed by atoms with E-state index in [1.54, 1.807) is 0 Å². The zero-order chi connectivity index (χ0) is 34.8. The van der Waals surface area contributed by atoms with Gasteiger partial charge in [0.15, 0.2) is 0 Å². The van der Waals surface area contributed by atoms with Gasteiger partial charge in [-0.2, -0.15) is 25.3 Å².